The minimum absolute atomic E-state index is 0.844. The first kappa shape index (κ1) is 12.0. The van der Waals surface area contributed by atoms with Crippen molar-refractivity contribution >= 4 is 6.16 Å². The van der Waals surface area contributed by atoms with E-state index in [9.17, 15) is 0 Å². The van der Waals surface area contributed by atoms with Crippen molar-refractivity contribution in [2.24, 2.45) is 0 Å². The first-order chi connectivity index (χ1) is 4.68. The SMILES string of the molecule is CCOCC.COC(=O)O. The zero-order chi connectivity index (χ0) is 8.41. The Bertz CT molecular complexity index is 70.1. The summed E-state index contributed by atoms with van der Waals surface area (Å²) in [6.07, 6.45) is -1.25. The highest BCUT2D eigenvalue weighted by Gasteiger charge is 1.80. The molecule has 4 heteroatoms. The minimum Gasteiger partial charge on any atom is -0.450 e. The second-order valence-electron chi connectivity index (χ2n) is 1.25. The molecule has 0 unspecified atom stereocenters. The van der Waals surface area contributed by atoms with Crippen LogP contribution < -0.4 is 0 Å². The van der Waals surface area contributed by atoms with Gasteiger partial charge in [-0.05, 0) is 13.8 Å². The van der Waals surface area contributed by atoms with Crippen LogP contribution in [0.25, 0.3) is 0 Å². The first-order valence-electron chi connectivity index (χ1n) is 3.03. The van der Waals surface area contributed by atoms with Gasteiger partial charge in [-0.25, -0.2) is 4.79 Å². The molecule has 0 saturated heterocycles. The second kappa shape index (κ2) is 11.1. The van der Waals surface area contributed by atoms with Gasteiger partial charge in [0.25, 0.3) is 0 Å². The van der Waals surface area contributed by atoms with Crippen molar-refractivity contribution in [2.45, 2.75) is 13.8 Å². The maximum Gasteiger partial charge on any atom is 0.505 e. The molecule has 0 heterocycles. The van der Waals surface area contributed by atoms with Crippen LogP contribution in [-0.2, 0) is 9.47 Å². The molecular weight excluding hydrogens is 136 g/mol. The standard InChI is InChI=1S/C4H10O.C2H4O3/c1-3-5-4-2;1-5-2(3)4/h3-4H2,1-2H3;1H3,(H,3,4). The third-order valence-electron chi connectivity index (χ3n) is 0.583. The summed E-state index contributed by atoms with van der Waals surface area (Å²) in [7, 11) is 1.10. The zero-order valence-corrected chi connectivity index (χ0v) is 6.59. The van der Waals surface area contributed by atoms with Crippen molar-refractivity contribution in [2.75, 3.05) is 20.3 Å². The van der Waals surface area contributed by atoms with Crippen LogP contribution in [0, 0.1) is 0 Å². The Kier molecular flexibility index (Phi) is 13.3. The van der Waals surface area contributed by atoms with E-state index in [1.165, 1.54) is 0 Å². The van der Waals surface area contributed by atoms with Gasteiger partial charge in [0.2, 0.25) is 0 Å². The van der Waals surface area contributed by atoms with Crippen LogP contribution >= 0.6 is 0 Å². The Balaban J connectivity index is 0. The number of carbonyl (C=O) groups is 1. The van der Waals surface area contributed by atoms with Gasteiger partial charge in [0, 0.05) is 13.2 Å². The van der Waals surface area contributed by atoms with Crippen LogP contribution in [0.5, 0.6) is 0 Å². The van der Waals surface area contributed by atoms with E-state index in [-0.39, 0.29) is 0 Å². The number of rotatable bonds is 2. The smallest absolute Gasteiger partial charge is 0.450 e. The molecule has 0 spiro atoms. The van der Waals surface area contributed by atoms with E-state index in [0.29, 0.717) is 0 Å². The summed E-state index contributed by atoms with van der Waals surface area (Å²) in [5.41, 5.74) is 0. The molecule has 0 rings (SSSR count). The molecule has 0 amide bonds. The van der Waals surface area contributed by atoms with Crippen molar-refractivity contribution in [3.63, 3.8) is 0 Å². The van der Waals surface area contributed by atoms with Crippen LogP contribution in [0.1, 0.15) is 13.8 Å². The largest absolute Gasteiger partial charge is 0.505 e. The Morgan fingerprint density at radius 2 is 1.70 bits per heavy atom. The van der Waals surface area contributed by atoms with Gasteiger partial charge < -0.3 is 14.6 Å². The molecule has 0 radical (unpaired) electrons. The minimum atomic E-state index is -1.25. The molecule has 0 aromatic carbocycles. The zero-order valence-electron chi connectivity index (χ0n) is 6.59. The number of hydrogen-bond donors (Lipinski definition) is 1. The molecule has 62 valence electrons. The Morgan fingerprint density at radius 1 is 1.40 bits per heavy atom. The lowest BCUT2D eigenvalue weighted by atomic mass is 10.8. The van der Waals surface area contributed by atoms with E-state index in [1.807, 2.05) is 13.8 Å². The fourth-order valence-electron chi connectivity index (χ4n) is 0.204. The maximum absolute atomic E-state index is 9.15. The van der Waals surface area contributed by atoms with E-state index >= 15 is 0 Å². The molecule has 0 aliphatic rings. The summed E-state index contributed by atoms with van der Waals surface area (Å²) >= 11 is 0. The summed E-state index contributed by atoms with van der Waals surface area (Å²) in [5.74, 6) is 0. The van der Waals surface area contributed by atoms with Gasteiger partial charge in [0.05, 0.1) is 7.11 Å². The molecule has 1 N–H and O–H groups in total. The molecule has 0 aliphatic heterocycles. The highest BCUT2D eigenvalue weighted by molar-refractivity contribution is 5.56. The van der Waals surface area contributed by atoms with Gasteiger partial charge in [-0.2, -0.15) is 0 Å². The fourth-order valence-corrected chi connectivity index (χ4v) is 0.204. The van der Waals surface area contributed by atoms with Crippen molar-refractivity contribution in [3.8, 4) is 0 Å². The van der Waals surface area contributed by atoms with Gasteiger partial charge in [-0.15, -0.1) is 0 Å². The predicted molar refractivity (Wildman–Crippen MR) is 37.2 cm³/mol. The average molecular weight is 150 g/mol. The van der Waals surface area contributed by atoms with Crippen molar-refractivity contribution in [1.82, 2.24) is 0 Å². The lowest BCUT2D eigenvalue weighted by Crippen LogP contribution is -1.91. The summed E-state index contributed by atoms with van der Waals surface area (Å²) in [4.78, 5) is 9.15. The Labute approximate surface area is 60.8 Å². The average Bonchev–Trinajstić information content (AvgIpc) is 1.91. The van der Waals surface area contributed by atoms with Crippen molar-refractivity contribution in [1.29, 1.82) is 0 Å². The third-order valence-corrected chi connectivity index (χ3v) is 0.583. The van der Waals surface area contributed by atoms with Gasteiger partial charge in [-0.3, -0.25) is 0 Å². The quantitative estimate of drug-likeness (QED) is 0.604. The summed E-state index contributed by atoms with van der Waals surface area (Å²) in [6, 6.07) is 0. The Morgan fingerprint density at radius 3 is 1.70 bits per heavy atom. The molecule has 10 heavy (non-hydrogen) atoms. The van der Waals surface area contributed by atoms with Crippen LogP contribution in [0.2, 0.25) is 0 Å². The van der Waals surface area contributed by atoms with Gasteiger partial charge >= 0.3 is 6.16 Å². The molecule has 0 atom stereocenters. The summed E-state index contributed by atoms with van der Waals surface area (Å²) in [6.45, 7) is 5.67. The van der Waals surface area contributed by atoms with E-state index in [4.69, 9.17) is 14.6 Å². The molecule has 0 bridgehead atoms. The molecular formula is C6H14O4. The molecule has 0 aromatic heterocycles. The predicted octanol–water partition coefficient (Wildman–Crippen LogP) is 1.35. The van der Waals surface area contributed by atoms with Crippen LogP contribution in [-0.4, -0.2) is 31.6 Å². The lowest BCUT2D eigenvalue weighted by molar-refractivity contribution is 0.114. The van der Waals surface area contributed by atoms with E-state index in [0.717, 1.165) is 20.3 Å². The monoisotopic (exact) mass is 150 g/mol. The number of ether oxygens (including phenoxy) is 2. The third kappa shape index (κ3) is 26.9. The molecule has 0 fully saturated rings. The number of hydrogen-bond acceptors (Lipinski definition) is 3. The van der Waals surface area contributed by atoms with Gasteiger partial charge in [-0.1, -0.05) is 0 Å². The molecule has 0 saturated carbocycles. The highest BCUT2D eigenvalue weighted by atomic mass is 16.6. The molecule has 4 nitrogen and oxygen atoms in total. The summed E-state index contributed by atoms with van der Waals surface area (Å²) in [5, 5.41) is 7.50. The molecule has 0 aromatic rings. The number of carboxylic acid groups (broad SMARTS) is 1. The Hall–Kier alpha value is -0.770. The normalized spacial score (nSPS) is 7.50. The van der Waals surface area contributed by atoms with Crippen LogP contribution in [0.4, 0.5) is 4.79 Å². The molecule has 0 aliphatic carbocycles. The lowest BCUT2D eigenvalue weighted by Gasteiger charge is -1.86. The van der Waals surface area contributed by atoms with Gasteiger partial charge in [0.1, 0.15) is 0 Å². The van der Waals surface area contributed by atoms with Crippen molar-refractivity contribution < 1.29 is 19.4 Å². The van der Waals surface area contributed by atoms with E-state index in [1.54, 1.807) is 0 Å². The maximum atomic E-state index is 9.15. The summed E-state index contributed by atoms with van der Waals surface area (Å²) < 4.78 is 8.50. The van der Waals surface area contributed by atoms with Crippen LogP contribution in [0.15, 0.2) is 0 Å². The number of methoxy groups -OCH3 is 1. The second-order valence-corrected chi connectivity index (χ2v) is 1.25. The van der Waals surface area contributed by atoms with E-state index < -0.39 is 6.16 Å². The highest BCUT2D eigenvalue weighted by Crippen LogP contribution is 1.64. The van der Waals surface area contributed by atoms with Crippen LogP contribution in [0.3, 0.4) is 0 Å². The van der Waals surface area contributed by atoms with E-state index in [2.05, 4.69) is 4.74 Å². The fraction of sp³-hybridized carbons (Fsp3) is 0.833. The topological polar surface area (TPSA) is 55.8 Å². The first-order valence-corrected chi connectivity index (χ1v) is 3.03. The van der Waals surface area contributed by atoms with Crippen molar-refractivity contribution in [3.05, 3.63) is 0 Å². The van der Waals surface area contributed by atoms with Gasteiger partial charge in [0.15, 0.2) is 0 Å².